The van der Waals surface area contributed by atoms with Crippen LogP contribution in [0.15, 0.2) is 72.8 Å². The normalized spacial score (nSPS) is 12.2. The minimum Gasteiger partial charge on any atom is -0.481 e. The van der Waals surface area contributed by atoms with E-state index < -0.39 is 52.7 Å². The third-order valence-corrected chi connectivity index (χ3v) is 14.5. The highest BCUT2D eigenvalue weighted by Crippen LogP contribution is 2.45. The van der Waals surface area contributed by atoms with Gasteiger partial charge >= 0.3 is 47.8 Å². The number of carboxylic acid groups (broad SMARTS) is 1. The van der Waals surface area contributed by atoms with E-state index in [2.05, 4.69) is 28.4 Å². The fourth-order valence-electron chi connectivity index (χ4n) is 9.18. The van der Waals surface area contributed by atoms with Gasteiger partial charge in [0.2, 0.25) is 0 Å². The van der Waals surface area contributed by atoms with E-state index >= 15 is 0 Å². The fraction of sp³-hybridized carbons (Fsp3) is 0.460. The van der Waals surface area contributed by atoms with Crippen LogP contribution in [0.25, 0.3) is 0 Å². The van der Waals surface area contributed by atoms with Gasteiger partial charge in [-0.1, -0.05) is 112 Å². The molecule has 0 radical (unpaired) electrons. The monoisotopic (exact) mass is 1150 g/mol. The van der Waals surface area contributed by atoms with Crippen LogP contribution < -0.4 is 0 Å². The van der Waals surface area contributed by atoms with E-state index in [0.717, 1.165) is 62.8 Å². The second-order valence-corrected chi connectivity index (χ2v) is 19.6. The zero-order valence-corrected chi connectivity index (χ0v) is 46.5. The number of benzene rings is 4. The van der Waals surface area contributed by atoms with E-state index in [-0.39, 0.29) is 23.5 Å². The molecular formula is C63H66F12O6. The molecule has 0 atom stereocenters. The summed E-state index contributed by atoms with van der Waals surface area (Å²) in [6, 6.07) is 21.4. The molecule has 438 valence electrons. The van der Waals surface area contributed by atoms with E-state index in [1.807, 2.05) is 89.8 Å². The lowest BCUT2D eigenvalue weighted by Crippen LogP contribution is -2.55. The number of rotatable bonds is 16. The Labute approximate surface area is 466 Å². The number of aliphatic hydroxyl groups is 2. The molecule has 0 unspecified atom stereocenters. The maximum absolute atomic E-state index is 13.0. The molecule has 0 heterocycles. The van der Waals surface area contributed by atoms with Gasteiger partial charge in [0.25, 0.3) is 0 Å². The van der Waals surface area contributed by atoms with Crippen molar-refractivity contribution in [2.24, 2.45) is 0 Å². The molecule has 0 aliphatic rings. The molecule has 0 spiro atoms. The first-order valence-corrected chi connectivity index (χ1v) is 26.1. The zero-order chi connectivity index (χ0) is 61.4. The summed E-state index contributed by atoms with van der Waals surface area (Å²) in [4.78, 5) is 21.8. The van der Waals surface area contributed by atoms with Crippen LogP contribution in [0.2, 0.25) is 0 Å². The number of carbonyl (C=O) groups is 2. The topological polar surface area (TPSA) is 104 Å². The minimum absolute atomic E-state index is 0.0461. The smallest absolute Gasteiger partial charge is 0.438 e. The molecule has 0 fully saturated rings. The number of methoxy groups -OCH3 is 1. The third-order valence-electron chi connectivity index (χ3n) is 14.5. The van der Waals surface area contributed by atoms with Crippen molar-refractivity contribution in [3.63, 3.8) is 0 Å². The zero-order valence-electron chi connectivity index (χ0n) is 46.5. The van der Waals surface area contributed by atoms with E-state index in [4.69, 9.17) is 5.11 Å². The Morgan fingerprint density at radius 1 is 0.444 bits per heavy atom. The quantitative estimate of drug-likeness (QED) is 0.0447. The van der Waals surface area contributed by atoms with Crippen molar-refractivity contribution in [1.29, 1.82) is 0 Å². The number of ether oxygens (including phenoxy) is 1. The van der Waals surface area contributed by atoms with E-state index in [9.17, 15) is 72.5 Å². The standard InChI is InChI=1S/C32H34F6O3.C31H32F6O3/c1-6-29(7-2,26-16-14-24(22(3)20-26)12-10-8-9-11-13-28(39)41-5)27-17-15-25(23(4)21-27)18-19-30(40,31(33,34)35)32(36,37)38;1-5-28(6-2,25-15-13-23(21(3)19-25)11-9-7-8-10-12-27(38)39)26-16-14-24(22(4)20-26)17-18-29(40,30(32,33)34)31(35,36)37/h14-17,20-21,40H,6-9,11,13H2,1-5H3;13-16,19-20,40H,5-8,10,12H2,1-4H3,(H,38,39). The summed E-state index contributed by atoms with van der Waals surface area (Å²) in [5.74, 6) is 17.3. The highest BCUT2D eigenvalue weighted by atomic mass is 19.4. The predicted octanol–water partition coefficient (Wildman–Crippen LogP) is 15.3. The molecule has 81 heavy (non-hydrogen) atoms. The molecule has 0 amide bonds. The maximum Gasteiger partial charge on any atom is 0.438 e. The average molecular weight is 1150 g/mol. The summed E-state index contributed by atoms with van der Waals surface area (Å²) < 4.78 is 161. The van der Waals surface area contributed by atoms with Crippen LogP contribution in [0, 0.1) is 75.1 Å². The van der Waals surface area contributed by atoms with Crippen LogP contribution in [0.4, 0.5) is 52.7 Å². The first kappa shape index (κ1) is 68.4. The van der Waals surface area contributed by atoms with Crippen LogP contribution in [-0.4, -0.2) is 70.3 Å². The number of carbonyl (C=O) groups excluding carboxylic acids is 1. The molecule has 4 aromatic rings. The largest absolute Gasteiger partial charge is 0.481 e. The molecule has 4 aromatic carbocycles. The van der Waals surface area contributed by atoms with Gasteiger partial charge in [-0.3, -0.25) is 9.59 Å². The Hall–Kier alpha value is -6.86. The summed E-state index contributed by atoms with van der Waals surface area (Å²) >= 11 is 0. The van der Waals surface area contributed by atoms with Gasteiger partial charge in [-0.05, 0) is 160 Å². The summed E-state index contributed by atoms with van der Waals surface area (Å²) in [5.41, 5.74) is -3.27. The molecule has 0 bridgehead atoms. The lowest BCUT2D eigenvalue weighted by Gasteiger charge is -2.34. The van der Waals surface area contributed by atoms with Crippen LogP contribution in [0.5, 0.6) is 0 Å². The van der Waals surface area contributed by atoms with Gasteiger partial charge in [-0.2, -0.15) is 52.7 Å². The van der Waals surface area contributed by atoms with E-state index in [0.29, 0.717) is 75.3 Å². The van der Waals surface area contributed by atoms with Crippen molar-refractivity contribution in [3.8, 4) is 47.4 Å². The molecule has 3 N–H and O–H groups in total. The number of hydrogen-bond acceptors (Lipinski definition) is 5. The van der Waals surface area contributed by atoms with E-state index in [1.165, 1.54) is 19.2 Å². The van der Waals surface area contributed by atoms with Gasteiger partial charge in [0, 0.05) is 58.8 Å². The van der Waals surface area contributed by atoms with Crippen molar-refractivity contribution in [2.75, 3.05) is 7.11 Å². The molecule has 0 aliphatic carbocycles. The summed E-state index contributed by atoms with van der Waals surface area (Å²) in [5, 5.41) is 27.4. The van der Waals surface area contributed by atoms with Crippen LogP contribution in [-0.2, 0) is 25.2 Å². The molecule has 0 aliphatic heterocycles. The number of unbranched alkanes of at least 4 members (excludes halogenated alkanes) is 4. The van der Waals surface area contributed by atoms with Crippen molar-refractivity contribution < 1.29 is 82.3 Å². The minimum atomic E-state index is -6.01. The van der Waals surface area contributed by atoms with E-state index in [1.54, 1.807) is 38.1 Å². The highest BCUT2D eigenvalue weighted by molar-refractivity contribution is 5.69. The summed E-state index contributed by atoms with van der Waals surface area (Å²) in [6.45, 7) is 15.0. The van der Waals surface area contributed by atoms with Crippen molar-refractivity contribution in [3.05, 3.63) is 140 Å². The Bertz CT molecular complexity index is 3060. The van der Waals surface area contributed by atoms with Gasteiger partial charge in [0.15, 0.2) is 0 Å². The lowest BCUT2D eigenvalue weighted by molar-refractivity contribution is -0.344. The van der Waals surface area contributed by atoms with Crippen LogP contribution in [0.3, 0.4) is 0 Å². The van der Waals surface area contributed by atoms with Crippen molar-refractivity contribution in [2.45, 2.75) is 179 Å². The molecule has 0 saturated heterocycles. The number of aliphatic carboxylic acids is 1. The Morgan fingerprint density at radius 2 is 0.716 bits per heavy atom. The number of hydrogen-bond donors (Lipinski definition) is 3. The SMILES string of the molecule is CCC(CC)(c1ccc(C#CCCCCC(=O)O)c(C)c1)c1ccc(C#CC(O)(C(F)(F)F)C(F)(F)F)c(C)c1.CCC(CC)(c1ccc(C#CCCCCC(=O)OC)c(C)c1)c1ccc(C#CC(O)(C(F)(F)F)C(F)(F)F)c(C)c1. The van der Waals surface area contributed by atoms with Gasteiger partial charge in [-0.15, -0.1) is 0 Å². The molecule has 0 saturated carbocycles. The molecular weight excluding hydrogens is 1080 g/mol. The second kappa shape index (κ2) is 28.2. The molecule has 0 aromatic heterocycles. The van der Waals surface area contributed by atoms with Gasteiger partial charge < -0.3 is 20.1 Å². The summed E-state index contributed by atoms with van der Waals surface area (Å²) in [6.07, 6.45) is -16.9. The van der Waals surface area contributed by atoms with Crippen LogP contribution in [0.1, 0.15) is 172 Å². The van der Waals surface area contributed by atoms with Crippen LogP contribution >= 0.6 is 0 Å². The highest BCUT2D eigenvalue weighted by Gasteiger charge is 2.71. The number of esters is 1. The van der Waals surface area contributed by atoms with Gasteiger partial charge in [0.05, 0.1) is 7.11 Å². The Morgan fingerprint density at radius 3 is 0.951 bits per heavy atom. The molecule has 6 nitrogen and oxygen atoms in total. The van der Waals surface area contributed by atoms with Crippen molar-refractivity contribution in [1.82, 2.24) is 0 Å². The van der Waals surface area contributed by atoms with Gasteiger partial charge in [-0.25, -0.2) is 0 Å². The number of carboxylic acids is 1. The predicted molar refractivity (Wildman–Crippen MR) is 286 cm³/mol. The molecule has 18 heteroatoms. The summed E-state index contributed by atoms with van der Waals surface area (Å²) in [7, 11) is 1.36. The second-order valence-electron chi connectivity index (χ2n) is 19.6. The average Bonchev–Trinajstić information content (AvgIpc) is 3.56. The lowest BCUT2D eigenvalue weighted by atomic mass is 9.69. The first-order valence-electron chi connectivity index (χ1n) is 26.1. The third kappa shape index (κ3) is 16.6. The Kier molecular flexibility index (Phi) is 23.8. The molecule has 4 rings (SSSR count). The number of halogens is 12. The van der Waals surface area contributed by atoms with Crippen molar-refractivity contribution >= 4 is 11.9 Å². The number of alkyl halides is 12. The van der Waals surface area contributed by atoms with Gasteiger partial charge in [0.1, 0.15) is 0 Å². The maximum atomic E-state index is 13.0. The fourth-order valence-corrected chi connectivity index (χ4v) is 9.18. The Balaban J connectivity index is 0.000000425. The number of aryl methyl sites for hydroxylation is 4. The first-order chi connectivity index (χ1) is 37.6.